The lowest BCUT2D eigenvalue weighted by molar-refractivity contribution is 0.0360. The average molecular weight is 549 g/mol. The number of pyridine rings is 1. The Morgan fingerprint density at radius 2 is 1.88 bits per heavy atom. The van der Waals surface area contributed by atoms with Crippen LogP contribution in [0.5, 0.6) is 11.5 Å². The summed E-state index contributed by atoms with van der Waals surface area (Å²) in [5.74, 6) is 0.511. The fourth-order valence-corrected chi connectivity index (χ4v) is 4.15. The Labute approximate surface area is 231 Å². The zero-order valence-corrected chi connectivity index (χ0v) is 22.8. The van der Waals surface area contributed by atoms with Crippen molar-refractivity contribution in [3.8, 4) is 22.8 Å². The number of carbonyl (C=O) groups is 1. The Bertz CT molecular complexity index is 1460. The standard InChI is InChI=1S/C28H33FN8O3/c1-28(2,3)37-9-7-26(34-37)33-27(38)32-24-5-4-21(16-23(24)29)40-22-6-8-30-25(17-22)20-18-31-36(19-20)11-10-35-12-14-39-15-13-35/h4-9,16-19H,10-15H2,1-3H3,(H2,32,33,34,38). The second kappa shape index (κ2) is 11.8. The monoisotopic (exact) mass is 548 g/mol. The minimum Gasteiger partial charge on any atom is -0.457 e. The zero-order valence-electron chi connectivity index (χ0n) is 22.8. The van der Waals surface area contributed by atoms with E-state index in [1.54, 1.807) is 47.5 Å². The molecule has 4 heterocycles. The van der Waals surface area contributed by atoms with Gasteiger partial charge in [-0.25, -0.2) is 9.18 Å². The van der Waals surface area contributed by atoms with Crippen LogP contribution in [0.2, 0.25) is 0 Å². The maximum atomic E-state index is 14.8. The van der Waals surface area contributed by atoms with Crippen LogP contribution in [0.15, 0.2) is 61.2 Å². The van der Waals surface area contributed by atoms with Crippen molar-refractivity contribution in [2.24, 2.45) is 0 Å². The van der Waals surface area contributed by atoms with Gasteiger partial charge in [0, 0.05) is 62.0 Å². The molecule has 11 nitrogen and oxygen atoms in total. The van der Waals surface area contributed by atoms with E-state index in [0.717, 1.165) is 45.0 Å². The van der Waals surface area contributed by atoms with Crippen LogP contribution in [-0.2, 0) is 16.8 Å². The molecular formula is C28H33FN8O3. The number of hydrogen-bond acceptors (Lipinski definition) is 7. The van der Waals surface area contributed by atoms with Gasteiger partial charge >= 0.3 is 6.03 Å². The lowest BCUT2D eigenvalue weighted by Gasteiger charge is -2.26. The van der Waals surface area contributed by atoms with Crippen LogP contribution >= 0.6 is 0 Å². The number of amides is 2. The number of carbonyl (C=O) groups excluding carboxylic acids is 1. The van der Waals surface area contributed by atoms with Gasteiger partial charge in [-0.15, -0.1) is 0 Å². The highest BCUT2D eigenvalue weighted by Crippen LogP contribution is 2.28. The molecule has 1 fully saturated rings. The number of urea groups is 1. The Morgan fingerprint density at radius 1 is 1.07 bits per heavy atom. The van der Waals surface area contributed by atoms with Crippen LogP contribution in [0, 0.1) is 5.82 Å². The number of nitrogens with one attached hydrogen (secondary N) is 2. The second-order valence-corrected chi connectivity index (χ2v) is 10.5. The van der Waals surface area contributed by atoms with Crippen molar-refractivity contribution in [2.75, 3.05) is 43.5 Å². The molecule has 4 aromatic rings. The molecule has 1 aliphatic rings. The number of ether oxygens (including phenoxy) is 2. The van der Waals surface area contributed by atoms with E-state index in [4.69, 9.17) is 9.47 Å². The van der Waals surface area contributed by atoms with Gasteiger partial charge in [-0.05, 0) is 39.0 Å². The molecule has 12 heteroatoms. The van der Waals surface area contributed by atoms with E-state index in [1.807, 2.05) is 31.6 Å². The van der Waals surface area contributed by atoms with Gasteiger partial charge < -0.3 is 14.8 Å². The van der Waals surface area contributed by atoms with E-state index in [2.05, 4.69) is 30.7 Å². The van der Waals surface area contributed by atoms with Gasteiger partial charge in [-0.3, -0.25) is 24.6 Å². The first-order valence-corrected chi connectivity index (χ1v) is 13.1. The smallest absolute Gasteiger partial charge is 0.324 e. The van der Waals surface area contributed by atoms with E-state index in [0.29, 0.717) is 17.3 Å². The highest BCUT2D eigenvalue weighted by Gasteiger charge is 2.16. The van der Waals surface area contributed by atoms with E-state index in [9.17, 15) is 9.18 Å². The molecule has 0 spiro atoms. The maximum Gasteiger partial charge on any atom is 0.324 e. The van der Waals surface area contributed by atoms with Gasteiger partial charge in [0.1, 0.15) is 17.3 Å². The highest BCUT2D eigenvalue weighted by atomic mass is 19.1. The minimum atomic E-state index is -0.635. The van der Waals surface area contributed by atoms with E-state index >= 15 is 0 Å². The van der Waals surface area contributed by atoms with Gasteiger partial charge in [0.2, 0.25) is 0 Å². The van der Waals surface area contributed by atoms with Crippen LogP contribution in [-0.4, -0.2) is 68.3 Å². The van der Waals surface area contributed by atoms with Crippen molar-refractivity contribution in [1.29, 1.82) is 0 Å². The molecule has 0 aliphatic carbocycles. The Balaban J connectivity index is 1.17. The summed E-state index contributed by atoms with van der Waals surface area (Å²) >= 11 is 0. The number of nitrogens with zero attached hydrogens (tertiary/aromatic N) is 6. The summed E-state index contributed by atoms with van der Waals surface area (Å²) in [5.41, 5.74) is 1.34. The third-order valence-corrected chi connectivity index (χ3v) is 6.35. The van der Waals surface area contributed by atoms with E-state index < -0.39 is 11.8 Å². The number of benzene rings is 1. The summed E-state index contributed by atoms with van der Waals surface area (Å²) in [6, 6.07) is 8.79. The minimum absolute atomic E-state index is 0.0139. The predicted octanol–water partition coefficient (Wildman–Crippen LogP) is 4.80. The van der Waals surface area contributed by atoms with Crippen LogP contribution in [0.1, 0.15) is 20.8 Å². The number of rotatable bonds is 8. The quantitative estimate of drug-likeness (QED) is 0.325. The molecule has 2 N–H and O–H groups in total. The van der Waals surface area contributed by atoms with Crippen LogP contribution in [0.25, 0.3) is 11.3 Å². The van der Waals surface area contributed by atoms with Gasteiger partial charge in [0.25, 0.3) is 0 Å². The first-order valence-electron chi connectivity index (χ1n) is 13.1. The lowest BCUT2D eigenvalue weighted by Crippen LogP contribution is -2.38. The Morgan fingerprint density at radius 3 is 2.62 bits per heavy atom. The summed E-state index contributed by atoms with van der Waals surface area (Å²) in [5, 5.41) is 13.9. The summed E-state index contributed by atoms with van der Waals surface area (Å²) in [4.78, 5) is 19.2. The number of aromatic nitrogens is 5. The van der Waals surface area contributed by atoms with Crippen molar-refractivity contribution in [3.05, 3.63) is 67.0 Å². The summed E-state index contributed by atoms with van der Waals surface area (Å²) in [6.45, 7) is 11.1. The van der Waals surface area contributed by atoms with Crippen molar-refractivity contribution >= 4 is 17.5 Å². The third kappa shape index (κ3) is 7.01. The van der Waals surface area contributed by atoms with Crippen LogP contribution in [0.3, 0.4) is 0 Å². The second-order valence-electron chi connectivity index (χ2n) is 10.5. The maximum absolute atomic E-state index is 14.8. The first kappa shape index (κ1) is 27.3. The van der Waals surface area contributed by atoms with Crippen LogP contribution < -0.4 is 15.4 Å². The largest absolute Gasteiger partial charge is 0.457 e. The molecule has 40 heavy (non-hydrogen) atoms. The molecule has 0 radical (unpaired) electrons. The van der Waals surface area contributed by atoms with Crippen molar-refractivity contribution in [3.63, 3.8) is 0 Å². The fraction of sp³-hybridized carbons (Fsp3) is 0.357. The number of anilines is 2. The molecule has 1 aromatic carbocycles. The number of hydrogen-bond donors (Lipinski definition) is 2. The number of halogens is 1. The van der Waals surface area contributed by atoms with Gasteiger partial charge in [-0.1, -0.05) is 0 Å². The van der Waals surface area contributed by atoms with E-state index in [-0.39, 0.29) is 17.0 Å². The topological polar surface area (TPSA) is 111 Å². The summed E-state index contributed by atoms with van der Waals surface area (Å²) in [7, 11) is 0. The summed E-state index contributed by atoms with van der Waals surface area (Å²) < 4.78 is 29.7. The average Bonchev–Trinajstić information content (AvgIpc) is 3.60. The molecule has 0 saturated carbocycles. The van der Waals surface area contributed by atoms with Gasteiger partial charge in [0.05, 0.1) is 42.9 Å². The molecule has 0 atom stereocenters. The molecule has 1 saturated heterocycles. The lowest BCUT2D eigenvalue weighted by atomic mass is 10.1. The molecule has 2 amide bonds. The van der Waals surface area contributed by atoms with Crippen molar-refractivity contribution in [2.45, 2.75) is 32.9 Å². The molecule has 0 bridgehead atoms. The van der Waals surface area contributed by atoms with Crippen LogP contribution in [0.4, 0.5) is 20.7 Å². The predicted molar refractivity (Wildman–Crippen MR) is 149 cm³/mol. The first-order chi connectivity index (χ1) is 19.2. The Kier molecular flexibility index (Phi) is 8.08. The molecular weight excluding hydrogens is 515 g/mol. The zero-order chi connectivity index (χ0) is 28.1. The third-order valence-electron chi connectivity index (χ3n) is 6.35. The fourth-order valence-electron chi connectivity index (χ4n) is 4.15. The summed E-state index contributed by atoms with van der Waals surface area (Å²) in [6.07, 6.45) is 7.12. The SMILES string of the molecule is CC(C)(C)n1ccc(NC(=O)Nc2ccc(Oc3ccnc(-c4cnn(CCN5CCOCC5)c4)c3)cc2F)n1. The van der Waals surface area contributed by atoms with Crippen molar-refractivity contribution in [1.82, 2.24) is 29.4 Å². The number of morpholine rings is 1. The molecule has 210 valence electrons. The molecule has 5 rings (SSSR count). The molecule has 3 aromatic heterocycles. The Hall–Kier alpha value is -4.29. The van der Waals surface area contributed by atoms with Crippen molar-refractivity contribution < 1.29 is 18.7 Å². The normalized spacial score (nSPS) is 14.2. The van der Waals surface area contributed by atoms with Gasteiger partial charge in [-0.2, -0.15) is 10.2 Å². The molecule has 1 aliphatic heterocycles. The van der Waals surface area contributed by atoms with Gasteiger partial charge in [0.15, 0.2) is 5.82 Å². The highest BCUT2D eigenvalue weighted by molar-refractivity contribution is 5.99. The van der Waals surface area contributed by atoms with E-state index in [1.165, 1.54) is 12.1 Å². The molecule has 0 unspecified atom stereocenters.